The number of hydrogen-bond donors (Lipinski definition) is 1. The van der Waals surface area contributed by atoms with Gasteiger partial charge in [0, 0.05) is 18.0 Å². The summed E-state index contributed by atoms with van der Waals surface area (Å²) in [5.41, 5.74) is 7.60. The molecule has 0 radical (unpaired) electrons. The van der Waals surface area contributed by atoms with Gasteiger partial charge in [0.05, 0.1) is 5.52 Å². The SMILES string of the molecule is CCC(C)(C)Oc1cc(CN)c2ccccc2n1. The fraction of sp³-hybridized carbons (Fsp3) is 0.400. The molecule has 0 aliphatic rings. The molecule has 3 heteroatoms. The number of nitrogens with zero attached hydrogens (tertiary/aromatic N) is 1. The van der Waals surface area contributed by atoms with E-state index in [0.717, 1.165) is 22.9 Å². The molecule has 0 saturated heterocycles. The highest BCUT2D eigenvalue weighted by atomic mass is 16.5. The Kier molecular flexibility index (Phi) is 3.53. The Hall–Kier alpha value is -1.61. The van der Waals surface area contributed by atoms with Gasteiger partial charge in [-0.3, -0.25) is 0 Å². The maximum absolute atomic E-state index is 5.93. The lowest BCUT2D eigenvalue weighted by molar-refractivity contribution is 0.0994. The summed E-state index contributed by atoms with van der Waals surface area (Å²) in [4.78, 5) is 4.54. The van der Waals surface area contributed by atoms with Crippen molar-refractivity contribution in [3.05, 3.63) is 35.9 Å². The number of aromatic nitrogens is 1. The Labute approximate surface area is 108 Å². The zero-order valence-corrected chi connectivity index (χ0v) is 11.2. The van der Waals surface area contributed by atoms with Gasteiger partial charge >= 0.3 is 0 Å². The van der Waals surface area contributed by atoms with Crippen molar-refractivity contribution < 1.29 is 4.74 Å². The van der Waals surface area contributed by atoms with Crippen LogP contribution in [0.15, 0.2) is 30.3 Å². The Bertz CT molecular complexity index is 549. The molecule has 0 atom stereocenters. The Morgan fingerprint density at radius 2 is 2.00 bits per heavy atom. The molecule has 18 heavy (non-hydrogen) atoms. The molecule has 0 saturated carbocycles. The number of fused-ring (bicyclic) bond motifs is 1. The molecule has 0 spiro atoms. The largest absolute Gasteiger partial charge is 0.472 e. The van der Waals surface area contributed by atoms with Gasteiger partial charge in [-0.05, 0) is 31.9 Å². The first-order valence-corrected chi connectivity index (χ1v) is 6.33. The number of benzene rings is 1. The first-order valence-electron chi connectivity index (χ1n) is 6.33. The van der Waals surface area contributed by atoms with Crippen LogP contribution >= 0.6 is 0 Å². The van der Waals surface area contributed by atoms with Crippen molar-refractivity contribution in [3.8, 4) is 5.88 Å². The van der Waals surface area contributed by atoms with Crippen LogP contribution in [0, 0.1) is 0 Å². The molecule has 1 aromatic carbocycles. The molecule has 0 aliphatic carbocycles. The zero-order chi connectivity index (χ0) is 13.2. The number of ether oxygens (including phenoxy) is 1. The third-order valence-corrected chi connectivity index (χ3v) is 3.23. The minimum Gasteiger partial charge on any atom is -0.472 e. The fourth-order valence-corrected chi connectivity index (χ4v) is 1.80. The minimum absolute atomic E-state index is 0.207. The number of hydrogen-bond acceptors (Lipinski definition) is 3. The summed E-state index contributed by atoms with van der Waals surface area (Å²) in [5.74, 6) is 0.654. The molecule has 1 aromatic heterocycles. The summed E-state index contributed by atoms with van der Waals surface area (Å²) >= 11 is 0. The first-order chi connectivity index (χ1) is 8.55. The van der Waals surface area contributed by atoms with Crippen LogP contribution in [-0.2, 0) is 6.54 Å². The van der Waals surface area contributed by atoms with Crippen molar-refractivity contribution in [2.24, 2.45) is 5.73 Å². The highest BCUT2D eigenvalue weighted by Gasteiger charge is 2.18. The van der Waals surface area contributed by atoms with Crippen LogP contribution in [0.2, 0.25) is 0 Å². The van der Waals surface area contributed by atoms with E-state index in [1.807, 2.05) is 30.3 Å². The summed E-state index contributed by atoms with van der Waals surface area (Å²) in [5, 5.41) is 1.10. The van der Waals surface area contributed by atoms with Crippen LogP contribution in [0.1, 0.15) is 32.8 Å². The highest BCUT2D eigenvalue weighted by Crippen LogP contribution is 2.25. The second-order valence-corrected chi connectivity index (χ2v) is 5.06. The quantitative estimate of drug-likeness (QED) is 0.898. The summed E-state index contributed by atoms with van der Waals surface area (Å²) in [6, 6.07) is 9.95. The highest BCUT2D eigenvalue weighted by molar-refractivity contribution is 5.82. The molecule has 3 nitrogen and oxygen atoms in total. The molecule has 0 amide bonds. The topological polar surface area (TPSA) is 48.1 Å². The standard InChI is InChI=1S/C15H20N2O/c1-4-15(2,3)18-14-9-11(10-16)12-7-5-6-8-13(12)17-14/h5-9H,4,10,16H2,1-3H3. The van der Waals surface area contributed by atoms with Crippen molar-refractivity contribution >= 4 is 10.9 Å². The molecule has 1 heterocycles. The normalized spacial score (nSPS) is 11.8. The van der Waals surface area contributed by atoms with Crippen LogP contribution < -0.4 is 10.5 Å². The Balaban J connectivity index is 2.47. The molecule has 0 bridgehead atoms. The molecular weight excluding hydrogens is 224 g/mol. The van der Waals surface area contributed by atoms with Crippen molar-refractivity contribution in [2.45, 2.75) is 39.3 Å². The predicted molar refractivity (Wildman–Crippen MR) is 74.6 cm³/mol. The second-order valence-electron chi connectivity index (χ2n) is 5.06. The lowest BCUT2D eigenvalue weighted by Gasteiger charge is -2.24. The molecule has 2 aromatic rings. The summed E-state index contributed by atoms with van der Waals surface area (Å²) in [6.45, 7) is 6.72. The average molecular weight is 244 g/mol. The monoisotopic (exact) mass is 244 g/mol. The van der Waals surface area contributed by atoms with Crippen LogP contribution in [0.25, 0.3) is 10.9 Å². The number of pyridine rings is 1. The molecule has 0 unspecified atom stereocenters. The number of rotatable bonds is 4. The van der Waals surface area contributed by atoms with E-state index in [-0.39, 0.29) is 5.60 Å². The second kappa shape index (κ2) is 4.94. The molecule has 2 N–H and O–H groups in total. The van der Waals surface area contributed by atoms with E-state index in [1.165, 1.54) is 0 Å². The van der Waals surface area contributed by atoms with E-state index in [9.17, 15) is 0 Å². The van der Waals surface area contributed by atoms with Gasteiger partial charge in [0.15, 0.2) is 0 Å². The van der Waals surface area contributed by atoms with Crippen molar-refractivity contribution in [1.29, 1.82) is 0 Å². The molecule has 0 fully saturated rings. The lowest BCUT2D eigenvalue weighted by atomic mass is 10.1. The summed E-state index contributed by atoms with van der Waals surface area (Å²) < 4.78 is 5.93. The smallest absolute Gasteiger partial charge is 0.214 e. The van der Waals surface area contributed by atoms with Gasteiger partial charge in [0.25, 0.3) is 0 Å². The minimum atomic E-state index is -0.207. The van der Waals surface area contributed by atoms with Crippen molar-refractivity contribution in [1.82, 2.24) is 4.98 Å². The van der Waals surface area contributed by atoms with Gasteiger partial charge in [-0.25, -0.2) is 4.98 Å². The van der Waals surface area contributed by atoms with Crippen LogP contribution in [0.4, 0.5) is 0 Å². The van der Waals surface area contributed by atoms with Gasteiger partial charge in [0.2, 0.25) is 5.88 Å². The van der Waals surface area contributed by atoms with Crippen LogP contribution in [0.5, 0.6) is 5.88 Å². The van der Waals surface area contributed by atoms with E-state index in [2.05, 4.69) is 25.8 Å². The third kappa shape index (κ3) is 2.62. The summed E-state index contributed by atoms with van der Waals surface area (Å²) in [6.07, 6.45) is 0.930. The van der Waals surface area contributed by atoms with E-state index in [1.54, 1.807) is 0 Å². The Morgan fingerprint density at radius 1 is 1.28 bits per heavy atom. The van der Waals surface area contributed by atoms with Crippen molar-refractivity contribution in [3.63, 3.8) is 0 Å². The van der Waals surface area contributed by atoms with Gasteiger partial charge < -0.3 is 10.5 Å². The van der Waals surface area contributed by atoms with E-state index >= 15 is 0 Å². The molecular formula is C15H20N2O. The predicted octanol–water partition coefficient (Wildman–Crippen LogP) is 3.26. The average Bonchev–Trinajstić information content (AvgIpc) is 2.37. The van der Waals surface area contributed by atoms with Gasteiger partial charge in [-0.15, -0.1) is 0 Å². The maximum Gasteiger partial charge on any atom is 0.214 e. The third-order valence-electron chi connectivity index (χ3n) is 3.23. The maximum atomic E-state index is 5.93. The Morgan fingerprint density at radius 3 is 2.67 bits per heavy atom. The zero-order valence-electron chi connectivity index (χ0n) is 11.2. The number of nitrogens with two attached hydrogens (primary N) is 1. The van der Waals surface area contributed by atoms with Gasteiger partial charge in [-0.1, -0.05) is 25.1 Å². The molecule has 96 valence electrons. The van der Waals surface area contributed by atoms with Crippen molar-refractivity contribution in [2.75, 3.05) is 0 Å². The van der Waals surface area contributed by atoms with Crippen LogP contribution in [0.3, 0.4) is 0 Å². The molecule has 2 rings (SSSR count). The first kappa shape index (κ1) is 12.8. The molecule has 0 aliphatic heterocycles. The lowest BCUT2D eigenvalue weighted by Crippen LogP contribution is -2.27. The van der Waals surface area contributed by atoms with E-state index < -0.39 is 0 Å². The van der Waals surface area contributed by atoms with E-state index in [4.69, 9.17) is 10.5 Å². The van der Waals surface area contributed by atoms with Crippen LogP contribution in [-0.4, -0.2) is 10.6 Å². The van der Waals surface area contributed by atoms with Gasteiger partial charge in [0.1, 0.15) is 5.60 Å². The number of para-hydroxylation sites is 1. The summed E-state index contributed by atoms with van der Waals surface area (Å²) in [7, 11) is 0. The van der Waals surface area contributed by atoms with E-state index in [0.29, 0.717) is 12.4 Å². The van der Waals surface area contributed by atoms with Gasteiger partial charge in [-0.2, -0.15) is 0 Å². The fourth-order valence-electron chi connectivity index (χ4n) is 1.80.